The molecule has 0 aromatic rings. The van der Waals surface area contributed by atoms with E-state index in [-0.39, 0.29) is 112 Å². The van der Waals surface area contributed by atoms with Gasteiger partial charge in [0.2, 0.25) is 0 Å². The third-order valence-electron chi connectivity index (χ3n) is 9.26. The quantitative estimate of drug-likeness (QED) is 0.131. The minimum absolute atomic E-state index is 0. The molecule has 1 aliphatic heterocycles. The number of aliphatic hydroxyl groups excluding tert-OH is 1. The first-order valence-electron chi connectivity index (χ1n) is 13.6. The Hall–Kier alpha value is 0.176. The predicted octanol–water partition coefficient (Wildman–Crippen LogP) is -4.97. The van der Waals surface area contributed by atoms with Crippen LogP contribution in [-0.2, 0) is 33.4 Å². The van der Waals surface area contributed by atoms with Crippen LogP contribution >= 0.6 is 0 Å². The summed E-state index contributed by atoms with van der Waals surface area (Å²) in [6.45, 7) is 6.80. The Labute approximate surface area is 301 Å². The molecular formula is C28H40KNaO10. The van der Waals surface area contributed by atoms with E-state index in [1.807, 2.05) is 13.0 Å². The van der Waals surface area contributed by atoms with Gasteiger partial charge < -0.3 is 39.1 Å². The topological polar surface area (TPSA) is 162 Å². The van der Waals surface area contributed by atoms with Gasteiger partial charge in [0.1, 0.15) is 12.7 Å². The van der Waals surface area contributed by atoms with Gasteiger partial charge in [-0.05, 0) is 73.7 Å². The van der Waals surface area contributed by atoms with E-state index in [0.717, 1.165) is 37.7 Å². The van der Waals surface area contributed by atoms with E-state index in [1.54, 1.807) is 0 Å². The van der Waals surface area contributed by atoms with Crippen LogP contribution in [0.3, 0.4) is 0 Å². The maximum Gasteiger partial charge on any atom is 1.00 e. The number of rotatable bonds is 12. The molecule has 7 atom stereocenters. The van der Waals surface area contributed by atoms with E-state index in [4.69, 9.17) is 14.2 Å². The molecule has 0 radical (unpaired) electrons. The summed E-state index contributed by atoms with van der Waals surface area (Å²) in [7, 11) is 0. The van der Waals surface area contributed by atoms with Gasteiger partial charge >= 0.3 is 92.9 Å². The fourth-order valence-electron chi connectivity index (χ4n) is 7.24. The van der Waals surface area contributed by atoms with Gasteiger partial charge in [0.05, 0.1) is 19.4 Å². The number of ether oxygens (including phenoxy) is 3. The molecule has 2 fully saturated rings. The molecule has 10 nitrogen and oxygen atoms in total. The third kappa shape index (κ3) is 9.59. The minimum atomic E-state index is -1.34. The van der Waals surface area contributed by atoms with Gasteiger partial charge in [-0.25, -0.2) is 0 Å². The molecule has 12 heteroatoms. The zero-order valence-corrected chi connectivity index (χ0v) is 29.7. The summed E-state index contributed by atoms with van der Waals surface area (Å²) in [5.41, 5.74) is -0.0273. The van der Waals surface area contributed by atoms with Crippen molar-refractivity contribution < 1.29 is 130 Å². The van der Waals surface area contributed by atoms with Gasteiger partial charge in [-0.2, -0.15) is 0 Å². The van der Waals surface area contributed by atoms with E-state index in [0.29, 0.717) is 24.9 Å². The molecule has 3 rings (SSSR count). The number of aliphatic carboxylic acids is 2. The molecule has 2 saturated carbocycles. The van der Waals surface area contributed by atoms with Gasteiger partial charge in [0.25, 0.3) is 0 Å². The predicted molar refractivity (Wildman–Crippen MR) is 129 cm³/mol. The molecule has 3 aliphatic rings. The second-order valence-electron chi connectivity index (χ2n) is 11.7. The molecular weight excluding hydrogens is 558 g/mol. The number of carboxylic acids is 2. The van der Waals surface area contributed by atoms with E-state index in [2.05, 4.69) is 13.8 Å². The SMILES string of the molecule is CC1CC[C@@H]2[C@@](C)(CC[C@@H](OC(=O)CCC(=O)[O-])[C@]2(C)COC(=O)CCC(=O)[O-])[C@@H]1CCC1=CCOC1O.[K+].[Na+]. The number of aliphatic hydroxyl groups is 1. The number of esters is 2. The molecule has 2 aliphatic carbocycles. The van der Waals surface area contributed by atoms with Crippen LogP contribution in [0.4, 0.5) is 0 Å². The second kappa shape index (κ2) is 16.9. The first-order valence-corrected chi connectivity index (χ1v) is 13.6. The molecule has 1 heterocycles. The zero-order chi connectivity index (χ0) is 28.1. The molecule has 0 saturated heterocycles. The largest absolute Gasteiger partial charge is 1.00 e. The maximum absolute atomic E-state index is 12.5. The first-order chi connectivity index (χ1) is 17.9. The van der Waals surface area contributed by atoms with Crippen LogP contribution in [0.5, 0.6) is 0 Å². The summed E-state index contributed by atoms with van der Waals surface area (Å²) < 4.78 is 16.6. The van der Waals surface area contributed by atoms with Crippen LogP contribution in [0.25, 0.3) is 0 Å². The molecule has 1 N–H and O–H groups in total. The molecule has 0 aromatic carbocycles. The van der Waals surface area contributed by atoms with Crippen LogP contribution < -0.4 is 91.2 Å². The Kier molecular flexibility index (Phi) is 16.1. The molecule has 0 bridgehead atoms. The Morgan fingerprint density at radius 3 is 2.23 bits per heavy atom. The Morgan fingerprint density at radius 2 is 1.65 bits per heavy atom. The minimum Gasteiger partial charge on any atom is -0.550 e. The van der Waals surface area contributed by atoms with Crippen LogP contribution in [0.15, 0.2) is 11.6 Å². The van der Waals surface area contributed by atoms with E-state index in [9.17, 15) is 34.5 Å². The molecule has 0 amide bonds. The van der Waals surface area contributed by atoms with Crippen molar-refractivity contribution in [3.63, 3.8) is 0 Å². The van der Waals surface area contributed by atoms with Crippen molar-refractivity contribution in [3.8, 4) is 0 Å². The monoisotopic (exact) mass is 598 g/mol. The molecule has 40 heavy (non-hydrogen) atoms. The average Bonchev–Trinajstić information content (AvgIpc) is 3.26. The van der Waals surface area contributed by atoms with Gasteiger partial charge in [0, 0.05) is 17.4 Å². The average molecular weight is 599 g/mol. The number of hydrogen-bond donors (Lipinski definition) is 1. The van der Waals surface area contributed by atoms with Crippen molar-refractivity contribution >= 4 is 23.9 Å². The smallest absolute Gasteiger partial charge is 0.550 e. The summed E-state index contributed by atoms with van der Waals surface area (Å²) in [5, 5.41) is 31.7. The van der Waals surface area contributed by atoms with Crippen molar-refractivity contribution in [2.45, 2.75) is 97.4 Å². The summed E-state index contributed by atoms with van der Waals surface area (Å²) in [6, 6.07) is 0. The van der Waals surface area contributed by atoms with Crippen molar-refractivity contribution in [2.75, 3.05) is 13.2 Å². The summed E-state index contributed by atoms with van der Waals surface area (Å²) in [4.78, 5) is 46.5. The molecule has 0 spiro atoms. The van der Waals surface area contributed by atoms with Gasteiger partial charge in [-0.1, -0.05) is 33.3 Å². The van der Waals surface area contributed by atoms with E-state index in [1.165, 1.54) is 0 Å². The number of hydrogen-bond acceptors (Lipinski definition) is 10. The van der Waals surface area contributed by atoms with Crippen molar-refractivity contribution in [1.82, 2.24) is 0 Å². The standard InChI is InChI=1S/C28H42O10.K.Na/c1-17-4-7-20-27(2,19(17)6-5-18-13-15-36-26(18)35)14-12-21(38-25(34)11-9-23(31)32)28(20,3)16-37-24(33)10-8-22(29)30;;/h13,17,19-21,26,35H,4-12,14-16H2,1-3H3,(H,29,30)(H,31,32);;/q;2*+1/p-2/t17?,19-,20-,21-,26?,27+,28-;;/m1../s1. The fourth-order valence-corrected chi connectivity index (χ4v) is 7.24. The van der Waals surface area contributed by atoms with Crippen molar-refractivity contribution in [1.29, 1.82) is 0 Å². The van der Waals surface area contributed by atoms with Crippen LogP contribution in [-0.4, -0.2) is 54.6 Å². The first kappa shape index (κ1) is 38.2. The summed E-state index contributed by atoms with van der Waals surface area (Å²) in [5.74, 6) is -3.22. The number of fused-ring (bicyclic) bond motifs is 1. The van der Waals surface area contributed by atoms with Crippen molar-refractivity contribution in [2.24, 2.45) is 28.6 Å². The number of carbonyl (C=O) groups is 4. The molecule has 2 unspecified atom stereocenters. The Bertz CT molecular complexity index is 942. The van der Waals surface area contributed by atoms with E-state index < -0.39 is 54.5 Å². The van der Waals surface area contributed by atoms with Gasteiger partial charge in [-0.15, -0.1) is 0 Å². The normalized spacial score (nSPS) is 32.9. The van der Waals surface area contributed by atoms with Crippen LogP contribution in [0, 0.1) is 28.6 Å². The van der Waals surface area contributed by atoms with Gasteiger partial charge in [0.15, 0.2) is 6.29 Å². The summed E-state index contributed by atoms with van der Waals surface area (Å²) in [6.07, 6.45) is 3.62. The molecule has 0 aromatic heterocycles. The Balaban J connectivity index is 0.00000400. The molecule has 214 valence electrons. The zero-order valence-electron chi connectivity index (χ0n) is 24.6. The summed E-state index contributed by atoms with van der Waals surface area (Å²) >= 11 is 0. The second-order valence-corrected chi connectivity index (χ2v) is 11.7. The van der Waals surface area contributed by atoms with E-state index >= 15 is 0 Å². The van der Waals surface area contributed by atoms with Crippen molar-refractivity contribution in [3.05, 3.63) is 11.6 Å². The van der Waals surface area contributed by atoms with Crippen LogP contribution in [0.2, 0.25) is 0 Å². The Morgan fingerprint density at radius 1 is 1.02 bits per heavy atom. The van der Waals surface area contributed by atoms with Gasteiger partial charge in [-0.3, -0.25) is 9.59 Å². The fraction of sp³-hybridized carbons (Fsp3) is 0.786. The third-order valence-corrected chi connectivity index (χ3v) is 9.26. The number of carbonyl (C=O) groups excluding carboxylic acids is 4. The maximum atomic E-state index is 12.5. The number of carboxylic acid groups (broad SMARTS) is 2. The van der Waals surface area contributed by atoms with Crippen LogP contribution in [0.1, 0.15) is 85.0 Å².